The molecule has 1 aromatic heterocycles. The summed E-state index contributed by atoms with van der Waals surface area (Å²) < 4.78 is 0. The number of aliphatic hydroxyl groups is 1. The molecule has 4 nitrogen and oxygen atoms in total. The van der Waals surface area contributed by atoms with Crippen molar-refractivity contribution in [1.29, 1.82) is 0 Å². The van der Waals surface area contributed by atoms with Crippen LogP contribution >= 0.6 is 12.2 Å². The summed E-state index contributed by atoms with van der Waals surface area (Å²) in [5.74, 6) is -0.283. The van der Waals surface area contributed by atoms with E-state index in [1.807, 2.05) is 18.2 Å². The largest absolute Gasteiger partial charge is 0.512 e. The number of nitrogens with one attached hydrogen (secondary N) is 1. The maximum absolute atomic E-state index is 11.4. The van der Waals surface area contributed by atoms with E-state index in [0.29, 0.717) is 5.69 Å². The quantitative estimate of drug-likeness (QED) is 0.387. The minimum Gasteiger partial charge on any atom is -0.512 e. The molecule has 20 heavy (non-hydrogen) atoms. The number of thiocarbonyl (C=S) groups is 1. The number of carbonyl (C=O) groups is 1. The van der Waals surface area contributed by atoms with Gasteiger partial charge in [-0.3, -0.25) is 4.79 Å². The number of nitrogens with zero attached hydrogens (tertiary/aromatic N) is 1. The highest BCUT2D eigenvalue weighted by Crippen LogP contribution is 2.26. The molecule has 2 N–H and O–H groups in total. The second-order valence-electron chi connectivity index (χ2n) is 4.20. The highest BCUT2D eigenvalue weighted by atomic mass is 32.1. The lowest BCUT2D eigenvalue weighted by atomic mass is 10.1. The van der Waals surface area contributed by atoms with Crippen molar-refractivity contribution in [3.05, 3.63) is 47.9 Å². The number of fused-ring (bicyclic) bond motifs is 1. The molecule has 2 rings (SSSR count). The van der Waals surface area contributed by atoms with Crippen molar-refractivity contribution in [3.63, 3.8) is 0 Å². The Morgan fingerprint density at radius 1 is 1.50 bits per heavy atom. The fourth-order valence-electron chi connectivity index (χ4n) is 1.80. The van der Waals surface area contributed by atoms with E-state index in [1.165, 1.54) is 13.0 Å². The van der Waals surface area contributed by atoms with Gasteiger partial charge in [-0.05, 0) is 42.9 Å². The van der Waals surface area contributed by atoms with Crippen molar-refractivity contribution < 1.29 is 9.90 Å². The van der Waals surface area contributed by atoms with E-state index in [0.717, 1.165) is 22.5 Å². The van der Waals surface area contributed by atoms with Crippen LogP contribution in [0.5, 0.6) is 0 Å². The molecule has 0 atom stereocenters. The zero-order valence-electron chi connectivity index (χ0n) is 10.8. The molecule has 0 amide bonds. The lowest BCUT2D eigenvalue weighted by Gasteiger charge is -1.95. The molecule has 0 aliphatic rings. The van der Waals surface area contributed by atoms with E-state index in [-0.39, 0.29) is 11.5 Å². The van der Waals surface area contributed by atoms with Crippen LogP contribution in [-0.2, 0) is 4.79 Å². The molecular formula is C15H12N2O2S. The number of aromatic nitrogens is 1. The number of benzene rings is 1. The number of carbonyl (C=O) groups excluding carboxylic acids is 1. The highest BCUT2D eigenvalue weighted by Gasteiger charge is 2.02. The Morgan fingerprint density at radius 3 is 3.00 bits per heavy atom. The van der Waals surface area contributed by atoms with Gasteiger partial charge in [0, 0.05) is 23.2 Å². The third kappa shape index (κ3) is 3.29. The van der Waals surface area contributed by atoms with Crippen molar-refractivity contribution in [2.24, 2.45) is 4.99 Å². The van der Waals surface area contributed by atoms with Crippen LogP contribution in [-0.4, -0.2) is 21.0 Å². The van der Waals surface area contributed by atoms with Crippen molar-refractivity contribution in [3.8, 4) is 0 Å². The van der Waals surface area contributed by atoms with Gasteiger partial charge in [-0.2, -0.15) is 4.99 Å². The standard InChI is InChI=1S/C15H12N2O2S/c1-10(18)6-12(19)4-2-11-3-5-14-13(7-11)15(8-16-14)17-9-20/h2-8,16,18H,1H3/b4-2+,10-6-. The summed E-state index contributed by atoms with van der Waals surface area (Å²) in [4.78, 5) is 18.5. The van der Waals surface area contributed by atoms with Gasteiger partial charge in [-0.1, -0.05) is 12.1 Å². The number of ketones is 1. The zero-order chi connectivity index (χ0) is 14.5. The van der Waals surface area contributed by atoms with Gasteiger partial charge in [0.25, 0.3) is 0 Å². The second kappa shape index (κ2) is 6.10. The molecule has 100 valence electrons. The van der Waals surface area contributed by atoms with Crippen LogP contribution in [0.15, 0.2) is 47.3 Å². The summed E-state index contributed by atoms with van der Waals surface area (Å²) in [5, 5.41) is 12.2. The summed E-state index contributed by atoms with van der Waals surface area (Å²) >= 11 is 4.60. The zero-order valence-corrected chi connectivity index (χ0v) is 11.6. The number of aromatic amines is 1. The van der Waals surface area contributed by atoms with Gasteiger partial charge in [0.2, 0.25) is 0 Å². The summed E-state index contributed by atoms with van der Waals surface area (Å²) in [7, 11) is 0. The number of allylic oxidation sites excluding steroid dienone is 3. The number of aliphatic imine (C=N–C) groups is 1. The normalized spacial score (nSPS) is 11.8. The van der Waals surface area contributed by atoms with Crippen LogP contribution < -0.4 is 0 Å². The molecule has 5 heteroatoms. The SMILES string of the molecule is C/C(O)=C/C(=O)/C=C/c1ccc2[nH]cc(N=C=S)c2c1. The smallest absolute Gasteiger partial charge is 0.181 e. The Labute approximate surface area is 121 Å². The average molecular weight is 284 g/mol. The van der Waals surface area contributed by atoms with E-state index >= 15 is 0 Å². The van der Waals surface area contributed by atoms with Gasteiger partial charge in [0.05, 0.1) is 16.6 Å². The second-order valence-corrected chi connectivity index (χ2v) is 4.39. The van der Waals surface area contributed by atoms with Gasteiger partial charge in [-0.15, -0.1) is 0 Å². The molecule has 0 aliphatic heterocycles. The average Bonchev–Trinajstić information content (AvgIpc) is 2.79. The van der Waals surface area contributed by atoms with E-state index in [9.17, 15) is 4.79 Å². The third-order valence-corrected chi connectivity index (χ3v) is 2.73. The monoisotopic (exact) mass is 284 g/mol. The summed E-state index contributed by atoms with van der Waals surface area (Å²) in [5.41, 5.74) is 2.50. The van der Waals surface area contributed by atoms with Crippen LogP contribution in [0, 0.1) is 0 Å². The Bertz CT molecular complexity index is 761. The minimum absolute atomic E-state index is 0.0154. The number of hydrogen-bond donors (Lipinski definition) is 2. The Kier molecular flexibility index (Phi) is 4.25. The van der Waals surface area contributed by atoms with Gasteiger partial charge >= 0.3 is 0 Å². The minimum atomic E-state index is -0.267. The number of rotatable bonds is 4. The van der Waals surface area contributed by atoms with Crippen molar-refractivity contribution in [2.45, 2.75) is 6.92 Å². The summed E-state index contributed by atoms with van der Waals surface area (Å²) in [6.45, 7) is 1.45. The van der Waals surface area contributed by atoms with Crippen LogP contribution in [0.3, 0.4) is 0 Å². The first kappa shape index (κ1) is 13.9. The van der Waals surface area contributed by atoms with E-state index < -0.39 is 0 Å². The molecule has 0 saturated carbocycles. The van der Waals surface area contributed by atoms with Gasteiger partial charge < -0.3 is 10.1 Å². The van der Waals surface area contributed by atoms with Gasteiger partial charge in [0.15, 0.2) is 5.78 Å². The fourth-order valence-corrected chi connectivity index (χ4v) is 1.90. The maximum Gasteiger partial charge on any atom is 0.181 e. The van der Waals surface area contributed by atoms with Crippen molar-refractivity contribution in [1.82, 2.24) is 4.98 Å². The topological polar surface area (TPSA) is 65.4 Å². The highest BCUT2D eigenvalue weighted by molar-refractivity contribution is 7.78. The van der Waals surface area contributed by atoms with Crippen LogP contribution in [0.4, 0.5) is 5.69 Å². The van der Waals surface area contributed by atoms with Gasteiger partial charge in [-0.25, -0.2) is 0 Å². The molecule has 0 aliphatic carbocycles. The first-order chi connectivity index (χ1) is 9.60. The van der Waals surface area contributed by atoms with Gasteiger partial charge in [0.1, 0.15) is 0 Å². The lowest BCUT2D eigenvalue weighted by molar-refractivity contribution is -0.110. The number of H-pyrrole nitrogens is 1. The summed E-state index contributed by atoms with van der Waals surface area (Å²) in [6, 6.07) is 5.68. The molecule has 0 unspecified atom stereocenters. The van der Waals surface area contributed by atoms with Crippen LogP contribution in [0.1, 0.15) is 12.5 Å². The number of aliphatic hydroxyl groups excluding tert-OH is 1. The van der Waals surface area contributed by atoms with Crippen LogP contribution in [0.2, 0.25) is 0 Å². The molecular weight excluding hydrogens is 272 g/mol. The first-order valence-electron chi connectivity index (χ1n) is 5.88. The molecule has 1 heterocycles. The molecule has 0 fully saturated rings. The first-order valence-corrected chi connectivity index (χ1v) is 6.29. The predicted molar refractivity (Wildman–Crippen MR) is 83.4 cm³/mol. The summed E-state index contributed by atoms with van der Waals surface area (Å²) in [6.07, 6.45) is 5.99. The lowest BCUT2D eigenvalue weighted by Crippen LogP contribution is -1.87. The van der Waals surface area contributed by atoms with E-state index in [1.54, 1.807) is 12.3 Å². The van der Waals surface area contributed by atoms with E-state index in [2.05, 4.69) is 27.4 Å². The molecule has 1 aromatic carbocycles. The Hall–Kier alpha value is -2.49. The predicted octanol–water partition coefficient (Wildman–Crippen LogP) is 3.95. The molecule has 0 spiro atoms. The molecule has 0 radical (unpaired) electrons. The molecule has 2 aromatic rings. The third-order valence-electron chi connectivity index (χ3n) is 2.64. The molecule has 0 saturated heterocycles. The van der Waals surface area contributed by atoms with Crippen molar-refractivity contribution >= 4 is 45.8 Å². The Morgan fingerprint density at radius 2 is 2.30 bits per heavy atom. The Balaban J connectivity index is 2.34. The van der Waals surface area contributed by atoms with E-state index in [4.69, 9.17) is 5.11 Å². The fraction of sp³-hybridized carbons (Fsp3) is 0.0667. The maximum atomic E-state index is 11.4. The molecule has 0 bridgehead atoms. The van der Waals surface area contributed by atoms with Crippen LogP contribution in [0.25, 0.3) is 17.0 Å². The number of isothiocyanates is 1. The number of hydrogen-bond acceptors (Lipinski definition) is 4. The van der Waals surface area contributed by atoms with Crippen molar-refractivity contribution in [2.75, 3.05) is 0 Å².